The first kappa shape index (κ1) is 13.5. The number of nitrogens with two attached hydrogens (primary N) is 1. The summed E-state index contributed by atoms with van der Waals surface area (Å²) < 4.78 is 10.9. The number of nitrogens with one attached hydrogen (secondary N) is 1. The lowest BCUT2D eigenvalue weighted by molar-refractivity contribution is -0.120. The Bertz CT molecular complexity index is 470. The number of carbonyl (C=O) groups excluding carboxylic acids is 1. The Labute approximate surface area is 113 Å². The van der Waals surface area contributed by atoms with Gasteiger partial charge in [-0.05, 0) is 12.8 Å². The Balaban J connectivity index is 2.18. The Kier molecular flexibility index (Phi) is 4.14. The van der Waals surface area contributed by atoms with Crippen LogP contribution >= 0.6 is 0 Å². The van der Waals surface area contributed by atoms with Crippen molar-refractivity contribution in [3.8, 4) is 11.5 Å². The van der Waals surface area contributed by atoms with Crippen molar-refractivity contribution in [1.29, 1.82) is 0 Å². The first-order valence-electron chi connectivity index (χ1n) is 6.65. The molecule has 0 saturated carbocycles. The molecule has 1 aliphatic heterocycles. The number of amides is 1. The first-order valence-corrected chi connectivity index (χ1v) is 6.65. The molecule has 104 valence electrons. The third-order valence-corrected chi connectivity index (χ3v) is 3.33. The number of benzene rings is 1. The van der Waals surface area contributed by atoms with Crippen LogP contribution in [0.5, 0.6) is 11.5 Å². The summed E-state index contributed by atoms with van der Waals surface area (Å²) in [4.78, 5) is 12.1. The highest BCUT2D eigenvalue weighted by Crippen LogP contribution is 2.37. The molecular formula is C14H20N2O3. The van der Waals surface area contributed by atoms with Gasteiger partial charge >= 0.3 is 0 Å². The van der Waals surface area contributed by atoms with E-state index >= 15 is 0 Å². The summed E-state index contributed by atoms with van der Waals surface area (Å²) in [6, 6.07) is 3.42. The fourth-order valence-electron chi connectivity index (χ4n) is 2.11. The Morgan fingerprint density at radius 1 is 1.26 bits per heavy atom. The number of carbonyl (C=O) groups is 1. The number of hydrogen-bond donors (Lipinski definition) is 2. The molecule has 1 aliphatic rings. The van der Waals surface area contributed by atoms with Crippen molar-refractivity contribution in [3.05, 3.63) is 12.1 Å². The zero-order valence-corrected chi connectivity index (χ0v) is 11.4. The second-order valence-corrected chi connectivity index (χ2v) is 4.59. The average molecular weight is 264 g/mol. The van der Waals surface area contributed by atoms with Crippen molar-refractivity contribution < 1.29 is 14.3 Å². The van der Waals surface area contributed by atoms with Crippen LogP contribution in [0.25, 0.3) is 0 Å². The molecule has 0 spiro atoms. The molecule has 0 aliphatic carbocycles. The molecule has 5 heteroatoms. The van der Waals surface area contributed by atoms with Gasteiger partial charge in [0, 0.05) is 18.1 Å². The van der Waals surface area contributed by atoms with Gasteiger partial charge in [-0.3, -0.25) is 4.79 Å². The topological polar surface area (TPSA) is 73.6 Å². The zero-order valence-electron chi connectivity index (χ0n) is 11.4. The van der Waals surface area contributed by atoms with Gasteiger partial charge in [-0.2, -0.15) is 0 Å². The zero-order chi connectivity index (χ0) is 13.8. The molecule has 0 radical (unpaired) electrons. The Morgan fingerprint density at radius 3 is 2.42 bits per heavy atom. The lowest BCUT2D eigenvalue weighted by Gasteiger charge is -2.21. The van der Waals surface area contributed by atoms with Gasteiger partial charge in [0.15, 0.2) is 11.5 Å². The van der Waals surface area contributed by atoms with Crippen LogP contribution in [0.2, 0.25) is 0 Å². The molecule has 0 fully saturated rings. The second kappa shape index (κ2) is 5.82. The van der Waals surface area contributed by atoms with Gasteiger partial charge in [-0.15, -0.1) is 0 Å². The highest BCUT2D eigenvalue weighted by Gasteiger charge is 2.18. The van der Waals surface area contributed by atoms with Crippen LogP contribution in [-0.2, 0) is 4.79 Å². The molecule has 5 nitrogen and oxygen atoms in total. The lowest BCUT2D eigenvalue weighted by Crippen LogP contribution is -2.22. The molecule has 3 N–H and O–H groups in total. The van der Waals surface area contributed by atoms with E-state index in [0.29, 0.717) is 36.1 Å². The van der Waals surface area contributed by atoms with E-state index in [1.165, 1.54) is 0 Å². The molecule has 1 amide bonds. The molecule has 0 bridgehead atoms. The van der Waals surface area contributed by atoms with Crippen LogP contribution in [0, 0.1) is 5.92 Å². The quantitative estimate of drug-likeness (QED) is 0.819. The van der Waals surface area contributed by atoms with Gasteiger partial charge in [0.2, 0.25) is 5.91 Å². The van der Waals surface area contributed by atoms with E-state index in [0.717, 1.165) is 12.8 Å². The molecule has 0 unspecified atom stereocenters. The van der Waals surface area contributed by atoms with Crippen LogP contribution in [0.1, 0.15) is 26.7 Å². The molecule has 2 rings (SSSR count). The van der Waals surface area contributed by atoms with Crippen molar-refractivity contribution in [2.45, 2.75) is 26.7 Å². The normalized spacial score (nSPS) is 13.4. The summed E-state index contributed by atoms with van der Waals surface area (Å²) in [6.07, 6.45) is 1.62. The van der Waals surface area contributed by atoms with Gasteiger partial charge in [-0.25, -0.2) is 0 Å². The van der Waals surface area contributed by atoms with E-state index in [4.69, 9.17) is 15.2 Å². The number of fused-ring (bicyclic) bond motifs is 1. The maximum Gasteiger partial charge on any atom is 0.227 e. The van der Waals surface area contributed by atoms with Gasteiger partial charge in [0.25, 0.3) is 0 Å². The maximum atomic E-state index is 12.1. The minimum atomic E-state index is -0.00613. The summed E-state index contributed by atoms with van der Waals surface area (Å²) in [5, 5.41) is 2.86. The van der Waals surface area contributed by atoms with Crippen molar-refractivity contribution in [2.24, 2.45) is 5.92 Å². The molecule has 0 saturated heterocycles. The van der Waals surface area contributed by atoms with Crippen molar-refractivity contribution in [3.63, 3.8) is 0 Å². The van der Waals surface area contributed by atoms with Crippen molar-refractivity contribution in [1.82, 2.24) is 0 Å². The molecule has 0 aromatic heterocycles. The molecule has 0 atom stereocenters. The van der Waals surface area contributed by atoms with E-state index in [1.807, 2.05) is 13.8 Å². The maximum absolute atomic E-state index is 12.1. The standard InChI is InChI=1S/C14H20N2O3/c1-3-9(4-2)14(17)16-11-8-13-12(7-10(11)15)18-5-6-19-13/h7-9H,3-6,15H2,1-2H3,(H,16,17). The predicted octanol–water partition coefficient (Wildman–Crippen LogP) is 2.41. The third kappa shape index (κ3) is 2.92. The highest BCUT2D eigenvalue weighted by molar-refractivity contribution is 5.96. The number of rotatable bonds is 4. The number of hydrogen-bond acceptors (Lipinski definition) is 4. The van der Waals surface area contributed by atoms with Crippen LogP contribution in [-0.4, -0.2) is 19.1 Å². The van der Waals surface area contributed by atoms with Crippen LogP contribution in [0.15, 0.2) is 12.1 Å². The smallest absolute Gasteiger partial charge is 0.227 e. The van der Waals surface area contributed by atoms with E-state index in [2.05, 4.69) is 5.32 Å². The monoisotopic (exact) mass is 264 g/mol. The van der Waals surface area contributed by atoms with Gasteiger partial charge in [0.1, 0.15) is 13.2 Å². The summed E-state index contributed by atoms with van der Waals surface area (Å²) >= 11 is 0. The Hall–Kier alpha value is -1.91. The SMILES string of the molecule is CCC(CC)C(=O)Nc1cc2c(cc1N)OCCO2. The fraction of sp³-hybridized carbons (Fsp3) is 0.500. The van der Waals surface area contributed by atoms with Crippen LogP contribution in [0.4, 0.5) is 11.4 Å². The van der Waals surface area contributed by atoms with E-state index in [9.17, 15) is 4.79 Å². The van der Waals surface area contributed by atoms with Gasteiger partial charge in [-0.1, -0.05) is 13.8 Å². The molecule has 19 heavy (non-hydrogen) atoms. The highest BCUT2D eigenvalue weighted by atomic mass is 16.6. The number of anilines is 2. The number of ether oxygens (including phenoxy) is 2. The minimum Gasteiger partial charge on any atom is -0.486 e. The van der Waals surface area contributed by atoms with E-state index in [1.54, 1.807) is 12.1 Å². The fourth-order valence-corrected chi connectivity index (χ4v) is 2.11. The lowest BCUT2D eigenvalue weighted by atomic mass is 10.0. The summed E-state index contributed by atoms with van der Waals surface area (Å²) in [6.45, 7) is 5.03. The third-order valence-electron chi connectivity index (χ3n) is 3.33. The molecular weight excluding hydrogens is 244 g/mol. The van der Waals surface area contributed by atoms with Crippen LogP contribution in [0.3, 0.4) is 0 Å². The summed E-state index contributed by atoms with van der Waals surface area (Å²) in [5.41, 5.74) is 7.00. The van der Waals surface area contributed by atoms with Crippen molar-refractivity contribution >= 4 is 17.3 Å². The van der Waals surface area contributed by atoms with Crippen LogP contribution < -0.4 is 20.5 Å². The summed E-state index contributed by atoms with van der Waals surface area (Å²) in [5.74, 6) is 1.26. The minimum absolute atomic E-state index is 0.00613. The predicted molar refractivity (Wildman–Crippen MR) is 74.5 cm³/mol. The molecule has 1 heterocycles. The number of nitrogen functional groups attached to an aromatic ring is 1. The second-order valence-electron chi connectivity index (χ2n) is 4.59. The van der Waals surface area contributed by atoms with Crippen molar-refractivity contribution in [2.75, 3.05) is 24.3 Å². The van der Waals surface area contributed by atoms with Gasteiger partial charge in [0.05, 0.1) is 11.4 Å². The average Bonchev–Trinajstić information content (AvgIpc) is 2.41. The van der Waals surface area contributed by atoms with E-state index < -0.39 is 0 Å². The largest absolute Gasteiger partial charge is 0.486 e. The molecule has 1 aromatic carbocycles. The Morgan fingerprint density at radius 2 is 1.84 bits per heavy atom. The van der Waals surface area contributed by atoms with E-state index in [-0.39, 0.29) is 11.8 Å². The molecule has 1 aromatic rings. The van der Waals surface area contributed by atoms with Gasteiger partial charge < -0.3 is 20.5 Å². The summed E-state index contributed by atoms with van der Waals surface area (Å²) in [7, 11) is 0. The first-order chi connectivity index (χ1) is 9.15.